The fraction of sp³-hybridized carbons (Fsp3) is 0.222. The Balaban J connectivity index is 2.82. The van der Waals surface area contributed by atoms with Gasteiger partial charge in [0.25, 0.3) is 0 Å². The highest BCUT2D eigenvalue weighted by Gasteiger charge is 2.00. The van der Waals surface area contributed by atoms with Crippen LogP contribution in [-0.4, -0.2) is 10.1 Å². The Morgan fingerprint density at radius 1 is 1.55 bits per heavy atom. The number of aliphatic hydroxyl groups is 1. The molecule has 0 amide bonds. The van der Waals surface area contributed by atoms with Crippen LogP contribution in [0, 0.1) is 12.0 Å². The first-order chi connectivity index (χ1) is 5.34. The minimum atomic E-state index is 0.00111. The van der Waals surface area contributed by atoms with Crippen molar-refractivity contribution in [1.29, 1.82) is 0 Å². The van der Waals surface area contributed by atoms with E-state index in [0.29, 0.717) is 0 Å². The molecule has 0 bridgehead atoms. The molecule has 0 aromatic carbocycles. The second-order valence-corrected chi connectivity index (χ2v) is 2.23. The van der Waals surface area contributed by atoms with Crippen molar-refractivity contribution in [2.75, 3.05) is 0 Å². The Morgan fingerprint density at radius 2 is 2.36 bits per heavy atom. The number of aliphatic hydroxyl groups excluding tert-OH is 1. The topological polar surface area (TPSA) is 33.1 Å². The van der Waals surface area contributed by atoms with Gasteiger partial charge in [0.05, 0.1) is 11.6 Å². The van der Waals surface area contributed by atoms with Crippen molar-refractivity contribution < 1.29 is 5.11 Å². The van der Waals surface area contributed by atoms with E-state index >= 15 is 0 Å². The third kappa shape index (κ3) is 1.98. The minimum Gasteiger partial charge on any atom is -0.462 e. The van der Waals surface area contributed by atoms with Crippen LogP contribution in [0.3, 0.4) is 0 Å². The number of hydrogen-bond donors (Lipinski definition) is 1. The number of nitrogens with zero attached hydrogens (tertiary/aromatic N) is 1. The third-order valence-electron chi connectivity index (χ3n) is 1.41. The molecule has 1 atom stereocenters. The molecule has 0 spiro atoms. The molecule has 2 heteroatoms. The van der Waals surface area contributed by atoms with Crippen molar-refractivity contribution in [1.82, 2.24) is 4.98 Å². The van der Waals surface area contributed by atoms with Crippen LogP contribution in [-0.2, 0) is 0 Å². The lowest BCUT2D eigenvalue weighted by molar-refractivity contribution is 0.515. The second kappa shape index (κ2) is 3.62. The Hall–Kier alpha value is -1.49. The predicted molar refractivity (Wildman–Crippen MR) is 42.4 cm³/mol. The molecule has 1 unspecified atom stereocenters. The highest BCUT2D eigenvalue weighted by Crippen LogP contribution is 2.08. The molecule has 1 heterocycles. The first-order valence-electron chi connectivity index (χ1n) is 3.40. The van der Waals surface area contributed by atoms with Gasteiger partial charge in [-0.25, -0.2) is 0 Å². The van der Waals surface area contributed by atoms with Gasteiger partial charge in [-0.1, -0.05) is 12.0 Å². The molecule has 0 aliphatic heterocycles. The fourth-order valence-corrected chi connectivity index (χ4v) is 0.803. The SMILES string of the molecule is CC(C#CO)c1ccccn1. The van der Waals surface area contributed by atoms with Crippen LogP contribution in [0.2, 0.25) is 0 Å². The maximum atomic E-state index is 8.31. The number of rotatable bonds is 1. The minimum absolute atomic E-state index is 0.00111. The van der Waals surface area contributed by atoms with Gasteiger partial charge in [-0.05, 0) is 19.1 Å². The molecule has 0 radical (unpaired) electrons. The van der Waals surface area contributed by atoms with Crippen molar-refractivity contribution in [3.8, 4) is 12.0 Å². The molecule has 56 valence electrons. The van der Waals surface area contributed by atoms with Crippen molar-refractivity contribution in [2.24, 2.45) is 0 Å². The van der Waals surface area contributed by atoms with Crippen LogP contribution in [0.4, 0.5) is 0 Å². The normalized spacial score (nSPS) is 11.4. The quantitative estimate of drug-likeness (QED) is 0.611. The van der Waals surface area contributed by atoms with E-state index in [0.717, 1.165) is 5.69 Å². The lowest BCUT2D eigenvalue weighted by atomic mass is 10.1. The van der Waals surface area contributed by atoms with Gasteiger partial charge in [0, 0.05) is 6.20 Å². The molecule has 0 saturated carbocycles. The summed E-state index contributed by atoms with van der Waals surface area (Å²) in [5, 5.41) is 8.31. The molecule has 2 nitrogen and oxygen atoms in total. The van der Waals surface area contributed by atoms with Crippen molar-refractivity contribution in [2.45, 2.75) is 12.8 Å². The van der Waals surface area contributed by atoms with Crippen LogP contribution < -0.4 is 0 Å². The smallest absolute Gasteiger partial charge is 0.108 e. The maximum absolute atomic E-state index is 8.31. The molecule has 0 saturated heterocycles. The largest absolute Gasteiger partial charge is 0.462 e. The van der Waals surface area contributed by atoms with E-state index in [9.17, 15) is 0 Å². The van der Waals surface area contributed by atoms with Gasteiger partial charge in [-0.3, -0.25) is 4.98 Å². The molecular formula is C9H9NO. The zero-order valence-electron chi connectivity index (χ0n) is 6.28. The zero-order valence-corrected chi connectivity index (χ0v) is 6.28. The van der Waals surface area contributed by atoms with E-state index in [1.807, 2.05) is 31.2 Å². The van der Waals surface area contributed by atoms with Gasteiger partial charge in [-0.15, -0.1) is 0 Å². The maximum Gasteiger partial charge on any atom is 0.108 e. The lowest BCUT2D eigenvalue weighted by Gasteiger charge is -1.99. The molecular weight excluding hydrogens is 138 g/mol. The Labute approximate surface area is 65.9 Å². The number of pyridine rings is 1. The summed E-state index contributed by atoms with van der Waals surface area (Å²) in [6.07, 6.45) is 3.59. The number of aromatic nitrogens is 1. The first-order valence-corrected chi connectivity index (χ1v) is 3.40. The fourth-order valence-electron chi connectivity index (χ4n) is 0.803. The molecule has 0 fully saturated rings. The van der Waals surface area contributed by atoms with Gasteiger partial charge in [-0.2, -0.15) is 0 Å². The Morgan fingerprint density at radius 3 is 2.91 bits per heavy atom. The summed E-state index contributed by atoms with van der Waals surface area (Å²) in [4.78, 5) is 4.08. The van der Waals surface area contributed by atoms with Gasteiger partial charge in [0.1, 0.15) is 6.11 Å². The molecule has 1 aromatic heterocycles. The summed E-state index contributed by atoms with van der Waals surface area (Å²) in [7, 11) is 0. The molecule has 1 aromatic rings. The van der Waals surface area contributed by atoms with E-state index in [1.165, 1.54) is 0 Å². The Kier molecular flexibility index (Phi) is 2.51. The zero-order chi connectivity index (χ0) is 8.10. The van der Waals surface area contributed by atoms with Crippen LogP contribution in [0.5, 0.6) is 0 Å². The average Bonchev–Trinajstić information content (AvgIpc) is 2.07. The first kappa shape index (κ1) is 7.62. The highest BCUT2D eigenvalue weighted by atomic mass is 16.2. The van der Waals surface area contributed by atoms with E-state index in [-0.39, 0.29) is 5.92 Å². The monoisotopic (exact) mass is 147 g/mol. The van der Waals surface area contributed by atoms with E-state index in [2.05, 4.69) is 10.9 Å². The van der Waals surface area contributed by atoms with E-state index in [1.54, 1.807) is 6.20 Å². The summed E-state index contributed by atoms with van der Waals surface area (Å²) in [6.45, 7) is 1.89. The second-order valence-electron chi connectivity index (χ2n) is 2.23. The van der Waals surface area contributed by atoms with Gasteiger partial charge < -0.3 is 5.11 Å². The third-order valence-corrected chi connectivity index (χ3v) is 1.41. The predicted octanol–water partition coefficient (Wildman–Crippen LogP) is 1.52. The molecule has 0 aliphatic rings. The summed E-state index contributed by atoms with van der Waals surface area (Å²) in [6, 6.07) is 5.63. The summed E-state index contributed by atoms with van der Waals surface area (Å²) < 4.78 is 0. The standard InChI is InChI=1S/C9H9NO/c1-8(5-7-11)9-4-2-3-6-10-9/h2-4,6,8,11H,1H3. The van der Waals surface area contributed by atoms with Gasteiger partial charge >= 0.3 is 0 Å². The van der Waals surface area contributed by atoms with Crippen LogP contribution >= 0.6 is 0 Å². The van der Waals surface area contributed by atoms with Gasteiger partial charge in [0.2, 0.25) is 0 Å². The molecule has 0 aliphatic carbocycles. The number of hydrogen-bond acceptors (Lipinski definition) is 2. The summed E-state index contributed by atoms with van der Waals surface area (Å²) in [5.41, 5.74) is 0.883. The van der Waals surface area contributed by atoms with E-state index < -0.39 is 0 Å². The summed E-state index contributed by atoms with van der Waals surface area (Å²) >= 11 is 0. The highest BCUT2D eigenvalue weighted by molar-refractivity contribution is 5.18. The summed E-state index contributed by atoms with van der Waals surface area (Å²) in [5.74, 6) is 2.61. The van der Waals surface area contributed by atoms with Crippen LogP contribution in [0.25, 0.3) is 0 Å². The van der Waals surface area contributed by atoms with Crippen LogP contribution in [0.1, 0.15) is 18.5 Å². The van der Waals surface area contributed by atoms with Gasteiger partial charge in [0.15, 0.2) is 0 Å². The van der Waals surface area contributed by atoms with Crippen molar-refractivity contribution in [3.05, 3.63) is 30.1 Å². The Bertz CT molecular complexity index is 271. The van der Waals surface area contributed by atoms with Crippen molar-refractivity contribution >= 4 is 0 Å². The molecule has 1 N–H and O–H groups in total. The van der Waals surface area contributed by atoms with E-state index in [4.69, 9.17) is 5.11 Å². The molecule has 1 rings (SSSR count). The lowest BCUT2D eigenvalue weighted by Crippen LogP contribution is -1.92. The van der Waals surface area contributed by atoms with Crippen molar-refractivity contribution in [3.63, 3.8) is 0 Å². The van der Waals surface area contributed by atoms with Crippen LogP contribution in [0.15, 0.2) is 24.4 Å². The molecule has 11 heavy (non-hydrogen) atoms. The average molecular weight is 147 g/mol.